The number of rotatable bonds is 6. The van der Waals surface area contributed by atoms with Gasteiger partial charge in [0.15, 0.2) is 5.16 Å². The number of fused-ring (bicyclic) bond motifs is 3. The lowest BCUT2D eigenvalue weighted by Gasteiger charge is -2.26. The molecule has 0 amide bonds. The molecule has 33 heavy (non-hydrogen) atoms. The van der Waals surface area contributed by atoms with E-state index in [4.69, 9.17) is 9.72 Å². The highest BCUT2D eigenvalue weighted by molar-refractivity contribution is 7.99. The van der Waals surface area contributed by atoms with Gasteiger partial charge in [-0.3, -0.25) is 14.2 Å². The van der Waals surface area contributed by atoms with Crippen LogP contribution < -0.4 is 10.5 Å². The van der Waals surface area contributed by atoms with Gasteiger partial charge in [0.25, 0.3) is 5.56 Å². The molecular formula is C25H30N3O3S2+. The van der Waals surface area contributed by atoms with Crippen LogP contribution in [0.25, 0.3) is 10.2 Å². The first kappa shape index (κ1) is 22.6. The molecule has 3 heterocycles. The number of benzene rings is 1. The van der Waals surface area contributed by atoms with Crippen LogP contribution in [0.1, 0.15) is 54.1 Å². The summed E-state index contributed by atoms with van der Waals surface area (Å²) in [6, 6.07) is 10.8. The lowest BCUT2D eigenvalue weighted by molar-refractivity contribution is -0.929. The van der Waals surface area contributed by atoms with Crippen molar-refractivity contribution in [3.63, 3.8) is 0 Å². The number of hydrogen-bond donors (Lipinski definition) is 1. The van der Waals surface area contributed by atoms with Crippen molar-refractivity contribution in [3.8, 4) is 0 Å². The summed E-state index contributed by atoms with van der Waals surface area (Å²) in [4.78, 5) is 34.3. The molecule has 1 aliphatic heterocycles. The fourth-order valence-corrected chi connectivity index (χ4v) is 7.38. The number of thiophene rings is 1. The molecule has 3 aromatic rings. The van der Waals surface area contributed by atoms with E-state index in [0.29, 0.717) is 5.16 Å². The van der Waals surface area contributed by atoms with Gasteiger partial charge < -0.3 is 9.64 Å². The maximum Gasteiger partial charge on any atom is 0.316 e. The lowest BCUT2D eigenvalue weighted by Crippen LogP contribution is -3.10. The van der Waals surface area contributed by atoms with Gasteiger partial charge in [-0.05, 0) is 18.4 Å². The van der Waals surface area contributed by atoms with E-state index in [1.807, 2.05) is 4.57 Å². The molecule has 2 aromatic heterocycles. The number of carbonyl (C=O) groups excluding carboxylic acids is 1. The molecule has 2 aliphatic rings. The molecule has 1 aliphatic carbocycles. The number of nitrogens with zero attached hydrogens (tertiary/aromatic N) is 2. The Bertz CT molecular complexity index is 1200. The average molecular weight is 485 g/mol. The molecule has 0 spiro atoms. The van der Waals surface area contributed by atoms with Crippen LogP contribution in [-0.2, 0) is 29.0 Å². The first-order valence-electron chi connectivity index (χ1n) is 11.8. The van der Waals surface area contributed by atoms with Gasteiger partial charge in [-0.1, -0.05) is 61.4 Å². The normalized spacial score (nSPS) is 18.9. The summed E-state index contributed by atoms with van der Waals surface area (Å²) < 4.78 is 6.73. The second-order valence-electron chi connectivity index (χ2n) is 9.00. The SMILES string of the molecule is COC(=O)CSc1nc2sc3c(c2c(=O)n1C1CCCCC1)CC[NH+](Cc1ccccc1)C3. The molecule has 1 unspecified atom stereocenters. The summed E-state index contributed by atoms with van der Waals surface area (Å²) in [6.07, 6.45) is 6.40. The number of nitrogens with one attached hydrogen (secondary N) is 1. The first-order valence-corrected chi connectivity index (χ1v) is 13.6. The number of quaternary nitrogens is 1. The number of aromatic nitrogens is 2. The van der Waals surface area contributed by atoms with Crippen LogP contribution in [0.5, 0.6) is 0 Å². The highest BCUT2D eigenvalue weighted by Gasteiger charge is 2.29. The largest absolute Gasteiger partial charge is 0.468 e. The number of thioether (sulfide) groups is 1. The van der Waals surface area contributed by atoms with Gasteiger partial charge in [0.2, 0.25) is 0 Å². The summed E-state index contributed by atoms with van der Waals surface area (Å²) in [7, 11) is 1.39. The molecule has 1 fully saturated rings. The van der Waals surface area contributed by atoms with Crippen molar-refractivity contribution in [2.45, 2.75) is 62.8 Å². The van der Waals surface area contributed by atoms with Crippen LogP contribution in [0.4, 0.5) is 0 Å². The fraction of sp³-hybridized carbons (Fsp3) is 0.480. The summed E-state index contributed by atoms with van der Waals surface area (Å²) in [6.45, 7) is 2.95. The number of carbonyl (C=O) groups is 1. The van der Waals surface area contributed by atoms with Gasteiger partial charge in [0.05, 0.1) is 29.7 Å². The molecular weight excluding hydrogens is 454 g/mol. The van der Waals surface area contributed by atoms with Crippen LogP contribution in [-0.4, -0.2) is 34.9 Å². The predicted octanol–water partition coefficient (Wildman–Crippen LogP) is 3.37. The van der Waals surface area contributed by atoms with E-state index in [2.05, 4.69) is 30.3 Å². The zero-order valence-electron chi connectivity index (χ0n) is 19.0. The zero-order valence-corrected chi connectivity index (χ0v) is 20.6. The number of ether oxygens (including phenoxy) is 1. The van der Waals surface area contributed by atoms with Crippen molar-refractivity contribution in [1.82, 2.24) is 9.55 Å². The van der Waals surface area contributed by atoms with Crippen LogP contribution in [0, 0.1) is 0 Å². The van der Waals surface area contributed by atoms with Gasteiger partial charge in [-0.2, -0.15) is 0 Å². The molecule has 0 saturated heterocycles. The summed E-state index contributed by atoms with van der Waals surface area (Å²) in [5, 5.41) is 1.48. The monoisotopic (exact) mass is 484 g/mol. The van der Waals surface area contributed by atoms with E-state index >= 15 is 0 Å². The third kappa shape index (κ3) is 4.74. The molecule has 1 aromatic carbocycles. The van der Waals surface area contributed by atoms with Crippen LogP contribution in [0.3, 0.4) is 0 Å². The maximum absolute atomic E-state index is 13.9. The standard InChI is InChI=1S/C25H29N3O3S2/c1-31-21(29)16-32-25-26-23-22(24(30)28(25)18-10-6-3-7-11-18)19-12-13-27(15-20(19)33-23)14-17-8-4-2-5-9-17/h2,4-5,8-9,18H,3,6-7,10-16H2,1H3/p+1. The van der Waals surface area contributed by atoms with Crippen LogP contribution >= 0.6 is 23.1 Å². The average Bonchev–Trinajstić information content (AvgIpc) is 3.21. The Morgan fingerprint density at radius 2 is 2.03 bits per heavy atom. The first-order chi connectivity index (χ1) is 16.1. The Hall–Kier alpha value is -2.16. The van der Waals surface area contributed by atoms with Crippen molar-refractivity contribution in [2.24, 2.45) is 0 Å². The smallest absolute Gasteiger partial charge is 0.316 e. The zero-order chi connectivity index (χ0) is 22.8. The predicted molar refractivity (Wildman–Crippen MR) is 132 cm³/mol. The van der Waals surface area contributed by atoms with Gasteiger partial charge in [0, 0.05) is 18.0 Å². The maximum atomic E-state index is 13.9. The van der Waals surface area contributed by atoms with E-state index < -0.39 is 0 Å². The molecule has 1 atom stereocenters. The van der Waals surface area contributed by atoms with E-state index in [1.54, 1.807) is 11.3 Å². The third-order valence-corrected chi connectivity index (χ3v) is 8.88. The Kier molecular flexibility index (Phi) is 6.85. The van der Waals surface area contributed by atoms with Crippen LogP contribution in [0.2, 0.25) is 0 Å². The minimum absolute atomic E-state index is 0.0864. The van der Waals surface area contributed by atoms with Crippen molar-refractivity contribution in [3.05, 3.63) is 56.7 Å². The molecule has 5 rings (SSSR count). The highest BCUT2D eigenvalue weighted by atomic mass is 32.2. The number of esters is 1. The molecule has 1 N–H and O–H groups in total. The number of hydrogen-bond acceptors (Lipinski definition) is 6. The van der Waals surface area contributed by atoms with Gasteiger partial charge in [-0.25, -0.2) is 4.98 Å². The van der Waals surface area contributed by atoms with E-state index in [-0.39, 0.29) is 23.3 Å². The van der Waals surface area contributed by atoms with Crippen molar-refractivity contribution in [2.75, 3.05) is 19.4 Å². The van der Waals surface area contributed by atoms with Gasteiger partial charge >= 0.3 is 5.97 Å². The summed E-state index contributed by atoms with van der Waals surface area (Å²) in [5.41, 5.74) is 2.64. The molecule has 0 radical (unpaired) electrons. The van der Waals surface area contributed by atoms with E-state index in [9.17, 15) is 9.59 Å². The quantitative estimate of drug-likeness (QED) is 0.330. The van der Waals surface area contributed by atoms with E-state index in [0.717, 1.165) is 62.0 Å². The van der Waals surface area contributed by atoms with Gasteiger partial charge in [-0.15, -0.1) is 11.3 Å². The van der Waals surface area contributed by atoms with Crippen molar-refractivity contribution in [1.29, 1.82) is 0 Å². The minimum Gasteiger partial charge on any atom is -0.468 e. The van der Waals surface area contributed by atoms with Crippen LogP contribution in [0.15, 0.2) is 40.3 Å². The molecule has 8 heteroatoms. The minimum atomic E-state index is -0.296. The van der Waals surface area contributed by atoms with Gasteiger partial charge in [0.1, 0.15) is 17.9 Å². The van der Waals surface area contributed by atoms with Crippen molar-refractivity contribution >= 4 is 39.3 Å². The topological polar surface area (TPSA) is 65.6 Å². The third-order valence-electron chi connectivity index (χ3n) is 6.83. The van der Waals surface area contributed by atoms with Crippen molar-refractivity contribution < 1.29 is 14.4 Å². The molecule has 1 saturated carbocycles. The summed E-state index contributed by atoms with van der Waals surface area (Å²) in [5.74, 6) is -0.128. The summed E-state index contributed by atoms with van der Waals surface area (Å²) >= 11 is 2.99. The Morgan fingerprint density at radius 3 is 2.79 bits per heavy atom. The second kappa shape index (κ2) is 9.99. The second-order valence-corrected chi connectivity index (χ2v) is 11.0. The molecule has 6 nitrogen and oxygen atoms in total. The molecule has 174 valence electrons. The fourth-order valence-electron chi connectivity index (χ4n) is 5.15. The highest BCUT2D eigenvalue weighted by Crippen LogP contribution is 2.35. The number of methoxy groups -OCH3 is 1. The Morgan fingerprint density at radius 1 is 1.24 bits per heavy atom. The van der Waals surface area contributed by atoms with E-state index in [1.165, 1.54) is 46.2 Å². The molecule has 0 bridgehead atoms. The lowest BCUT2D eigenvalue weighted by atomic mass is 9.95. The Labute approximate surface area is 202 Å². The Balaban J connectivity index is 1.50.